The second-order valence-corrected chi connectivity index (χ2v) is 4.51. The molecule has 0 N–H and O–H groups in total. The van der Waals surface area contributed by atoms with E-state index in [9.17, 15) is 4.79 Å². The second kappa shape index (κ2) is 5.83. The molecule has 1 saturated carbocycles. The lowest BCUT2D eigenvalue weighted by atomic mass is 10.1. The van der Waals surface area contributed by atoms with Crippen molar-refractivity contribution in [1.29, 1.82) is 0 Å². The van der Waals surface area contributed by atoms with Crippen molar-refractivity contribution in [3.8, 4) is 5.75 Å². The number of carbonyl (C=O) groups excluding carboxylic acids is 1. The zero-order valence-corrected chi connectivity index (χ0v) is 10.8. The topological polar surface area (TPSA) is 35.5 Å². The number of methoxy groups -OCH3 is 2. The van der Waals surface area contributed by atoms with Gasteiger partial charge in [-0.2, -0.15) is 0 Å². The van der Waals surface area contributed by atoms with Gasteiger partial charge in [0.1, 0.15) is 5.75 Å². The monoisotopic (exact) mass is 246 g/mol. The van der Waals surface area contributed by atoms with Crippen LogP contribution in [0.25, 0.3) is 6.08 Å². The third-order valence-electron chi connectivity index (χ3n) is 3.02. The highest BCUT2D eigenvalue weighted by atomic mass is 16.5. The molecule has 1 aromatic carbocycles. The quantitative estimate of drug-likeness (QED) is 0.724. The SMILES string of the molecule is COCc1cc(/C=C/C(=O)C2CC2)ccc1OC. The van der Waals surface area contributed by atoms with E-state index >= 15 is 0 Å². The summed E-state index contributed by atoms with van der Waals surface area (Å²) in [5, 5.41) is 0. The van der Waals surface area contributed by atoms with Crippen molar-refractivity contribution >= 4 is 11.9 Å². The Labute approximate surface area is 107 Å². The molecule has 3 nitrogen and oxygen atoms in total. The summed E-state index contributed by atoms with van der Waals surface area (Å²) in [5.41, 5.74) is 1.98. The first-order valence-electron chi connectivity index (χ1n) is 6.12. The molecule has 0 aliphatic heterocycles. The van der Waals surface area contributed by atoms with Gasteiger partial charge in [0, 0.05) is 18.6 Å². The number of hydrogen-bond acceptors (Lipinski definition) is 3. The molecule has 0 heterocycles. The van der Waals surface area contributed by atoms with Gasteiger partial charge in [-0.05, 0) is 36.6 Å². The standard InChI is InChI=1S/C15H18O3/c1-17-10-13-9-11(4-8-15(13)18-2)3-7-14(16)12-5-6-12/h3-4,7-9,12H,5-6,10H2,1-2H3/b7-3+. The number of benzene rings is 1. The lowest BCUT2D eigenvalue weighted by Gasteiger charge is -2.08. The summed E-state index contributed by atoms with van der Waals surface area (Å²) in [7, 11) is 3.29. The van der Waals surface area contributed by atoms with Gasteiger partial charge in [-0.15, -0.1) is 0 Å². The third kappa shape index (κ3) is 3.20. The Kier molecular flexibility index (Phi) is 4.15. The van der Waals surface area contributed by atoms with E-state index in [1.54, 1.807) is 20.3 Å². The molecule has 3 heteroatoms. The molecule has 1 fully saturated rings. The van der Waals surface area contributed by atoms with E-state index in [1.807, 2.05) is 24.3 Å². The van der Waals surface area contributed by atoms with Crippen molar-refractivity contribution in [1.82, 2.24) is 0 Å². The Hall–Kier alpha value is -1.61. The van der Waals surface area contributed by atoms with Crippen LogP contribution in [0.15, 0.2) is 24.3 Å². The number of rotatable bonds is 6. The maximum absolute atomic E-state index is 11.6. The molecule has 0 atom stereocenters. The fourth-order valence-electron chi connectivity index (χ4n) is 1.85. The first-order valence-corrected chi connectivity index (χ1v) is 6.12. The maximum Gasteiger partial charge on any atom is 0.158 e. The van der Waals surface area contributed by atoms with Crippen LogP contribution in [0.3, 0.4) is 0 Å². The van der Waals surface area contributed by atoms with Gasteiger partial charge < -0.3 is 9.47 Å². The zero-order chi connectivity index (χ0) is 13.0. The normalized spacial score (nSPS) is 15.0. The average molecular weight is 246 g/mol. The fraction of sp³-hybridized carbons (Fsp3) is 0.400. The molecule has 0 radical (unpaired) electrons. The third-order valence-corrected chi connectivity index (χ3v) is 3.02. The van der Waals surface area contributed by atoms with Gasteiger partial charge in [-0.3, -0.25) is 4.79 Å². The highest BCUT2D eigenvalue weighted by Gasteiger charge is 2.27. The summed E-state index contributed by atoms with van der Waals surface area (Å²) >= 11 is 0. The van der Waals surface area contributed by atoms with E-state index in [-0.39, 0.29) is 11.7 Å². The van der Waals surface area contributed by atoms with E-state index in [0.717, 1.165) is 29.7 Å². The first kappa shape index (κ1) is 12.8. The predicted molar refractivity (Wildman–Crippen MR) is 70.5 cm³/mol. The highest BCUT2D eigenvalue weighted by molar-refractivity contribution is 5.96. The van der Waals surface area contributed by atoms with Crippen LogP contribution in [0.1, 0.15) is 24.0 Å². The summed E-state index contributed by atoms with van der Waals surface area (Å²) in [6.07, 6.45) is 5.62. The Balaban J connectivity index is 2.12. The number of hydrogen-bond donors (Lipinski definition) is 0. The van der Waals surface area contributed by atoms with Crippen LogP contribution in [0.5, 0.6) is 5.75 Å². The average Bonchev–Trinajstić information content (AvgIpc) is 3.21. The van der Waals surface area contributed by atoms with Crippen LogP contribution in [0.4, 0.5) is 0 Å². The summed E-state index contributed by atoms with van der Waals surface area (Å²) in [5.74, 6) is 1.32. The summed E-state index contributed by atoms with van der Waals surface area (Å²) in [6.45, 7) is 0.501. The zero-order valence-electron chi connectivity index (χ0n) is 10.8. The first-order chi connectivity index (χ1) is 8.74. The summed E-state index contributed by atoms with van der Waals surface area (Å²) < 4.78 is 10.4. The minimum absolute atomic E-state index is 0.235. The molecule has 0 amide bonds. The van der Waals surface area contributed by atoms with Crippen LogP contribution < -0.4 is 4.74 Å². The highest BCUT2D eigenvalue weighted by Crippen LogP contribution is 2.30. The lowest BCUT2D eigenvalue weighted by Crippen LogP contribution is -1.95. The summed E-state index contributed by atoms with van der Waals surface area (Å²) in [4.78, 5) is 11.6. The van der Waals surface area contributed by atoms with E-state index in [2.05, 4.69) is 0 Å². The van der Waals surface area contributed by atoms with Crippen molar-refractivity contribution in [3.05, 3.63) is 35.4 Å². The van der Waals surface area contributed by atoms with Crippen LogP contribution in [0.2, 0.25) is 0 Å². The molecule has 1 aliphatic carbocycles. The van der Waals surface area contributed by atoms with Gasteiger partial charge in [0.15, 0.2) is 5.78 Å². The number of carbonyl (C=O) groups is 1. The molecule has 0 saturated heterocycles. The van der Waals surface area contributed by atoms with Gasteiger partial charge in [0.25, 0.3) is 0 Å². The van der Waals surface area contributed by atoms with E-state index in [0.29, 0.717) is 6.61 Å². The summed E-state index contributed by atoms with van der Waals surface area (Å²) in [6, 6.07) is 5.82. The van der Waals surface area contributed by atoms with Crippen molar-refractivity contribution < 1.29 is 14.3 Å². The molecule has 1 aliphatic rings. The molecular formula is C15H18O3. The van der Waals surface area contributed by atoms with E-state index < -0.39 is 0 Å². The van der Waals surface area contributed by atoms with Crippen LogP contribution in [-0.4, -0.2) is 20.0 Å². The van der Waals surface area contributed by atoms with Gasteiger partial charge >= 0.3 is 0 Å². The van der Waals surface area contributed by atoms with Crippen LogP contribution in [0, 0.1) is 5.92 Å². The Morgan fingerprint density at radius 2 is 2.17 bits per heavy atom. The minimum atomic E-state index is 0.235. The van der Waals surface area contributed by atoms with E-state index in [4.69, 9.17) is 9.47 Å². The van der Waals surface area contributed by atoms with Crippen molar-refractivity contribution in [2.75, 3.05) is 14.2 Å². The molecule has 96 valence electrons. The van der Waals surface area contributed by atoms with Crippen molar-refractivity contribution in [2.45, 2.75) is 19.4 Å². The largest absolute Gasteiger partial charge is 0.496 e. The smallest absolute Gasteiger partial charge is 0.158 e. The molecule has 1 aromatic rings. The lowest BCUT2D eigenvalue weighted by molar-refractivity contribution is -0.115. The molecule has 0 spiro atoms. The van der Waals surface area contributed by atoms with E-state index in [1.165, 1.54) is 0 Å². The Morgan fingerprint density at radius 3 is 2.78 bits per heavy atom. The second-order valence-electron chi connectivity index (χ2n) is 4.51. The number of allylic oxidation sites excluding steroid dienone is 1. The van der Waals surface area contributed by atoms with Crippen LogP contribution >= 0.6 is 0 Å². The van der Waals surface area contributed by atoms with Crippen molar-refractivity contribution in [2.24, 2.45) is 5.92 Å². The van der Waals surface area contributed by atoms with Gasteiger partial charge in [-0.25, -0.2) is 0 Å². The van der Waals surface area contributed by atoms with Gasteiger partial charge in [0.2, 0.25) is 0 Å². The molecule has 0 aromatic heterocycles. The van der Waals surface area contributed by atoms with Gasteiger partial charge in [0.05, 0.1) is 13.7 Å². The minimum Gasteiger partial charge on any atom is -0.496 e. The molecule has 0 unspecified atom stereocenters. The van der Waals surface area contributed by atoms with Gasteiger partial charge in [-0.1, -0.05) is 12.1 Å². The Bertz CT molecular complexity index is 459. The maximum atomic E-state index is 11.6. The Morgan fingerprint density at radius 1 is 1.39 bits per heavy atom. The molecule has 2 rings (SSSR count). The predicted octanol–water partition coefficient (Wildman–Crippen LogP) is 2.83. The molecule has 18 heavy (non-hydrogen) atoms. The molecular weight excluding hydrogens is 228 g/mol. The number of ketones is 1. The number of ether oxygens (including phenoxy) is 2. The van der Waals surface area contributed by atoms with Crippen LogP contribution in [-0.2, 0) is 16.1 Å². The fourth-order valence-corrected chi connectivity index (χ4v) is 1.85. The van der Waals surface area contributed by atoms with Crippen molar-refractivity contribution in [3.63, 3.8) is 0 Å². The molecule has 0 bridgehead atoms.